The molecule has 34 heavy (non-hydrogen) atoms. The Kier molecular flexibility index (Phi) is 7.66. The normalized spacial score (nSPS) is 13.5. The van der Waals surface area contributed by atoms with Gasteiger partial charge in [0, 0.05) is 18.8 Å². The topological polar surface area (TPSA) is 111 Å². The summed E-state index contributed by atoms with van der Waals surface area (Å²) in [4.78, 5) is 42.3. The van der Waals surface area contributed by atoms with Crippen molar-refractivity contribution in [2.45, 2.75) is 57.7 Å². The highest BCUT2D eigenvalue weighted by molar-refractivity contribution is 7.99. The first-order valence-electron chi connectivity index (χ1n) is 11.7. The molecule has 0 unspecified atom stereocenters. The number of carbonyl (C=O) groups is 2. The lowest BCUT2D eigenvalue weighted by molar-refractivity contribution is -0.117. The predicted molar refractivity (Wildman–Crippen MR) is 132 cm³/mol. The Labute approximate surface area is 202 Å². The van der Waals surface area contributed by atoms with E-state index in [2.05, 4.69) is 39.1 Å². The molecule has 0 fully saturated rings. The Morgan fingerprint density at radius 3 is 2.71 bits per heavy atom. The summed E-state index contributed by atoms with van der Waals surface area (Å²) in [6, 6.07) is 8.81. The number of urea groups is 1. The lowest BCUT2D eigenvalue weighted by Gasteiger charge is -2.17. The van der Waals surface area contributed by atoms with Crippen molar-refractivity contribution in [1.29, 1.82) is 0 Å². The van der Waals surface area contributed by atoms with Crippen LogP contribution >= 0.6 is 11.8 Å². The second kappa shape index (κ2) is 10.9. The van der Waals surface area contributed by atoms with Gasteiger partial charge >= 0.3 is 6.03 Å². The molecule has 0 aliphatic carbocycles. The number of amides is 3. The van der Waals surface area contributed by atoms with Gasteiger partial charge < -0.3 is 9.88 Å². The van der Waals surface area contributed by atoms with Crippen LogP contribution in [-0.4, -0.2) is 43.6 Å². The van der Waals surface area contributed by atoms with Gasteiger partial charge in [-0.3, -0.25) is 14.9 Å². The molecule has 1 aromatic rings. The molecule has 0 radical (unpaired) electrons. The number of rotatable bonds is 7. The fourth-order valence-electron chi connectivity index (χ4n) is 4.02. The average molecular weight is 483 g/mol. The molecule has 2 N–H and O–H groups in total. The van der Waals surface area contributed by atoms with Crippen LogP contribution in [0, 0.1) is 5.92 Å². The van der Waals surface area contributed by atoms with Crippen LogP contribution < -0.4 is 16.2 Å². The summed E-state index contributed by atoms with van der Waals surface area (Å²) >= 11 is 1.26. The fraction of sp³-hybridized carbons (Fsp3) is 0.458. The second-order valence-corrected chi connectivity index (χ2v) is 9.77. The van der Waals surface area contributed by atoms with Crippen molar-refractivity contribution < 1.29 is 9.59 Å². The van der Waals surface area contributed by atoms with Crippen LogP contribution in [0.2, 0.25) is 0 Å². The number of carbonyl (C=O) groups excluding carboxylic acids is 2. The van der Waals surface area contributed by atoms with Crippen LogP contribution in [0.3, 0.4) is 0 Å². The van der Waals surface area contributed by atoms with Crippen LogP contribution in [0.4, 0.5) is 4.79 Å². The number of fused-ring (bicyclic) bond motifs is 3. The van der Waals surface area contributed by atoms with E-state index in [0.717, 1.165) is 44.3 Å². The number of hydrogen-bond acceptors (Lipinski definition) is 6. The van der Waals surface area contributed by atoms with Crippen molar-refractivity contribution in [3.8, 4) is 17.1 Å². The zero-order valence-electron chi connectivity index (χ0n) is 19.5. The minimum absolute atomic E-state index is 0.0408. The fourth-order valence-corrected chi connectivity index (χ4v) is 4.86. The van der Waals surface area contributed by atoms with Gasteiger partial charge in [0.25, 0.3) is 5.56 Å². The van der Waals surface area contributed by atoms with E-state index in [1.165, 1.54) is 16.4 Å². The average Bonchev–Trinajstić information content (AvgIpc) is 2.97. The molecule has 0 aromatic heterocycles. The Bertz CT molecular complexity index is 1190. The minimum Gasteiger partial charge on any atom is -0.338 e. The summed E-state index contributed by atoms with van der Waals surface area (Å²) in [6.45, 7) is 5.40. The van der Waals surface area contributed by atoms with Crippen molar-refractivity contribution in [3.63, 3.8) is 0 Å². The molecule has 0 saturated carbocycles. The highest BCUT2D eigenvalue weighted by atomic mass is 32.2. The van der Waals surface area contributed by atoms with E-state index in [1.807, 2.05) is 30.3 Å². The summed E-state index contributed by atoms with van der Waals surface area (Å²) in [7, 11) is 0. The van der Waals surface area contributed by atoms with Crippen LogP contribution in [0.25, 0.3) is 17.1 Å². The maximum Gasteiger partial charge on any atom is 0.321 e. The first kappa shape index (κ1) is 24.0. The summed E-state index contributed by atoms with van der Waals surface area (Å²) in [5.41, 5.74) is 1.98. The van der Waals surface area contributed by atoms with Gasteiger partial charge in [0.15, 0.2) is 11.0 Å². The largest absolute Gasteiger partial charge is 0.338 e. The molecule has 3 heterocycles. The lowest BCUT2D eigenvalue weighted by atomic mass is 10.1. The van der Waals surface area contributed by atoms with Crippen molar-refractivity contribution >= 4 is 23.7 Å². The Morgan fingerprint density at radius 2 is 1.94 bits per heavy atom. The third-order valence-electron chi connectivity index (χ3n) is 5.76. The number of thioether (sulfide) groups is 1. The standard InChI is InChI=1S/C24H30N6O3S/c1-16(2)12-13-25-23(33)26-19(31)15-34-24-27-21-20(18-11-7-4-8-14-29(18)24)22(32)30(28-21)17-9-5-3-6-10-17/h3,5-6,9-10,16H,4,7-8,11-15H2,1-2H3,(H2,25,26,31,33). The molecule has 0 bridgehead atoms. The summed E-state index contributed by atoms with van der Waals surface area (Å²) < 4.78 is 3.44. The van der Waals surface area contributed by atoms with Gasteiger partial charge in [-0.2, -0.15) is 4.68 Å². The molecular formula is C24H30N6O3S. The minimum atomic E-state index is -0.487. The maximum atomic E-state index is 13.3. The van der Waals surface area contributed by atoms with Crippen molar-refractivity contribution in [1.82, 2.24) is 30.0 Å². The van der Waals surface area contributed by atoms with Crippen LogP contribution in [-0.2, 0) is 17.8 Å². The number of aromatic nitrogens is 4. The first-order valence-corrected chi connectivity index (χ1v) is 12.7. The smallest absolute Gasteiger partial charge is 0.321 e. The van der Waals surface area contributed by atoms with Crippen molar-refractivity contribution in [3.05, 3.63) is 46.4 Å². The molecule has 0 spiro atoms. The molecule has 1 aromatic carbocycles. The van der Waals surface area contributed by atoms with E-state index in [-0.39, 0.29) is 11.3 Å². The van der Waals surface area contributed by atoms with Gasteiger partial charge in [0.1, 0.15) is 5.56 Å². The number of nitrogens with one attached hydrogen (secondary N) is 2. The van der Waals surface area contributed by atoms with E-state index in [0.29, 0.717) is 34.7 Å². The number of hydrogen-bond donors (Lipinski definition) is 2. The number of benzene rings is 1. The highest BCUT2D eigenvalue weighted by Gasteiger charge is 2.27. The number of imide groups is 1. The summed E-state index contributed by atoms with van der Waals surface area (Å²) in [6.07, 6.45) is 4.62. The van der Waals surface area contributed by atoms with E-state index in [4.69, 9.17) is 0 Å². The van der Waals surface area contributed by atoms with Gasteiger partial charge in [-0.1, -0.05) is 50.2 Å². The lowest BCUT2D eigenvalue weighted by Crippen LogP contribution is -2.40. The van der Waals surface area contributed by atoms with Gasteiger partial charge in [0.05, 0.1) is 11.4 Å². The molecular weight excluding hydrogens is 452 g/mol. The molecule has 3 aliphatic heterocycles. The third-order valence-corrected chi connectivity index (χ3v) is 6.74. The third kappa shape index (κ3) is 5.49. The number of nitrogens with zero attached hydrogens (tertiary/aromatic N) is 4. The quantitative estimate of drug-likeness (QED) is 0.395. The Balaban J connectivity index is 1.56. The monoisotopic (exact) mass is 482 g/mol. The summed E-state index contributed by atoms with van der Waals surface area (Å²) in [5.74, 6) is 0.506. The predicted octanol–water partition coefficient (Wildman–Crippen LogP) is 3.22. The molecule has 9 nitrogen and oxygen atoms in total. The zero-order valence-corrected chi connectivity index (χ0v) is 20.4. The SMILES string of the molecule is CC(C)CCNC(=O)NC(=O)CSc1nc2nn(-c3ccccc3)c(=O)c-2c2n1CCCCC2. The molecule has 10 heteroatoms. The van der Waals surface area contributed by atoms with Crippen molar-refractivity contribution in [2.75, 3.05) is 12.3 Å². The molecule has 3 aliphatic rings. The first-order chi connectivity index (χ1) is 16.4. The maximum absolute atomic E-state index is 13.3. The van der Waals surface area contributed by atoms with Gasteiger partial charge in [0.2, 0.25) is 5.91 Å². The molecule has 4 rings (SSSR count). The molecule has 3 amide bonds. The zero-order chi connectivity index (χ0) is 24.1. The van der Waals surface area contributed by atoms with Gasteiger partial charge in [-0.05, 0) is 43.7 Å². The van der Waals surface area contributed by atoms with Gasteiger partial charge in [-0.15, -0.1) is 5.10 Å². The van der Waals surface area contributed by atoms with E-state index in [9.17, 15) is 14.4 Å². The Hall–Kier alpha value is -3.14. The van der Waals surface area contributed by atoms with E-state index in [1.54, 1.807) is 0 Å². The van der Waals surface area contributed by atoms with Crippen LogP contribution in [0.1, 0.15) is 45.2 Å². The molecule has 0 saturated heterocycles. The molecule has 180 valence electrons. The van der Waals surface area contributed by atoms with Gasteiger partial charge in [-0.25, -0.2) is 9.78 Å². The molecule has 0 atom stereocenters. The van der Waals surface area contributed by atoms with E-state index >= 15 is 0 Å². The van der Waals surface area contributed by atoms with Crippen LogP contribution in [0.5, 0.6) is 0 Å². The number of para-hydroxylation sites is 1. The highest BCUT2D eigenvalue weighted by Crippen LogP contribution is 2.30. The Morgan fingerprint density at radius 1 is 1.15 bits per heavy atom. The van der Waals surface area contributed by atoms with E-state index < -0.39 is 11.9 Å². The van der Waals surface area contributed by atoms with Crippen molar-refractivity contribution in [2.24, 2.45) is 5.92 Å². The second-order valence-electron chi connectivity index (χ2n) is 8.83. The summed E-state index contributed by atoms with van der Waals surface area (Å²) in [5, 5.41) is 10.2. The van der Waals surface area contributed by atoms with Crippen LogP contribution in [0.15, 0.2) is 40.3 Å².